The van der Waals surface area contributed by atoms with E-state index in [0.717, 1.165) is 24.9 Å². The third kappa shape index (κ3) is 4.26. The first kappa shape index (κ1) is 17.2. The van der Waals surface area contributed by atoms with Gasteiger partial charge < -0.3 is 14.2 Å². The minimum Gasteiger partial charge on any atom is -0.459 e. The molecule has 0 spiro atoms. The maximum Gasteiger partial charge on any atom is 0.311 e. The Morgan fingerprint density at radius 1 is 1.32 bits per heavy atom. The number of piperidine rings is 1. The third-order valence-electron chi connectivity index (χ3n) is 4.39. The molecule has 1 aliphatic rings. The summed E-state index contributed by atoms with van der Waals surface area (Å²) in [6.07, 6.45) is 2.04. The zero-order valence-electron chi connectivity index (χ0n) is 14.3. The molecule has 6 heteroatoms. The number of amides is 1. The first-order valence-corrected chi connectivity index (χ1v) is 8.62. The summed E-state index contributed by atoms with van der Waals surface area (Å²) in [5.41, 5.74) is 1.50. The molecule has 2 heterocycles. The molecule has 0 N–H and O–H groups in total. The Hall–Kier alpha value is -2.63. The third-order valence-corrected chi connectivity index (χ3v) is 4.39. The summed E-state index contributed by atoms with van der Waals surface area (Å²) < 4.78 is 10.7. The molecule has 1 fully saturated rings. The lowest BCUT2D eigenvalue weighted by Gasteiger charge is -2.31. The Labute approximate surface area is 146 Å². The number of ether oxygens (including phenoxy) is 1. The predicted molar refractivity (Wildman–Crippen MR) is 91.3 cm³/mol. The fourth-order valence-corrected chi connectivity index (χ4v) is 3.00. The number of hydrogen-bond donors (Lipinski definition) is 0. The van der Waals surface area contributed by atoms with Crippen LogP contribution in [0.5, 0.6) is 0 Å². The lowest BCUT2D eigenvalue weighted by molar-refractivity contribution is -0.153. The topological polar surface area (TPSA) is 72.6 Å². The second kappa shape index (κ2) is 7.96. The van der Waals surface area contributed by atoms with Gasteiger partial charge in [0.2, 0.25) is 5.91 Å². The van der Waals surface area contributed by atoms with Crippen LogP contribution in [0.3, 0.4) is 0 Å². The Kier molecular flexibility index (Phi) is 5.48. The van der Waals surface area contributed by atoms with Crippen molar-refractivity contribution in [3.05, 3.63) is 42.1 Å². The minimum absolute atomic E-state index is 0.0768. The molecule has 1 unspecified atom stereocenters. The highest BCUT2D eigenvalue weighted by atomic mass is 16.5. The second-order valence-corrected chi connectivity index (χ2v) is 6.19. The molecule has 0 saturated carbocycles. The number of hydrogen-bond acceptors (Lipinski definition) is 5. The van der Waals surface area contributed by atoms with E-state index in [1.807, 2.05) is 37.3 Å². The molecule has 25 heavy (non-hydrogen) atoms. The van der Waals surface area contributed by atoms with Crippen LogP contribution < -0.4 is 0 Å². The molecule has 1 aromatic carbocycles. The predicted octanol–water partition coefficient (Wildman–Crippen LogP) is 3.03. The van der Waals surface area contributed by atoms with Crippen molar-refractivity contribution in [2.45, 2.75) is 32.8 Å². The van der Waals surface area contributed by atoms with Gasteiger partial charge in [-0.25, -0.2) is 0 Å². The van der Waals surface area contributed by atoms with Crippen LogP contribution in [0.15, 0.2) is 40.9 Å². The van der Waals surface area contributed by atoms with Gasteiger partial charge in [0.25, 0.3) is 0 Å². The molecule has 1 saturated heterocycles. The molecular formula is C19H22N2O4. The van der Waals surface area contributed by atoms with Gasteiger partial charge >= 0.3 is 5.97 Å². The minimum atomic E-state index is -0.280. The zero-order chi connectivity index (χ0) is 17.6. The lowest BCUT2D eigenvalue weighted by atomic mass is 9.98. The smallest absolute Gasteiger partial charge is 0.311 e. The van der Waals surface area contributed by atoms with Gasteiger partial charge in [-0.3, -0.25) is 9.59 Å². The number of nitrogens with zero attached hydrogens (tertiary/aromatic N) is 2. The molecule has 0 aliphatic carbocycles. The highest BCUT2D eigenvalue weighted by Gasteiger charge is 2.29. The maximum absolute atomic E-state index is 12.3. The van der Waals surface area contributed by atoms with Crippen LogP contribution in [0.1, 0.15) is 31.9 Å². The van der Waals surface area contributed by atoms with E-state index in [1.54, 1.807) is 11.0 Å². The number of rotatable bonds is 5. The van der Waals surface area contributed by atoms with Gasteiger partial charge in [-0.1, -0.05) is 42.4 Å². The number of esters is 1. The van der Waals surface area contributed by atoms with E-state index in [1.165, 1.54) is 0 Å². The average Bonchev–Trinajstić information content (AvgIpc) is 3.15. The lowest BCUT2D eigenvalue weighted by Crippen LogP contribution is -2.42. The number of carbonyl (C=O) groups excluding carboxylic acids is 2. The molecule has 2 aromatic rings. The van der Waals surface area contributed by atoms with Gasteiger partial charge in [0, 0.05) is 31.1 Å². The van der Waals surface area contributed by atoms with Crippen molar-refractivity contribution in [1.29, 1.82) is 0 Å². The summed E-state index contributed by atoms with van der Waals surface area (Å²) in [4.78, 5) is 25.8. The van der Waals surface area contributed by atoms with Crippen molar-refractivity contribution in [1.82, 2.24) is 10.1 Å². The van der Waals surface area contributed by atoms with Crippen LogP contribution in [0.4, 0.5) is 0 Å². The highest BCUT2D eigenvalue weighted by molar-refractivity contribution is 5.78. The molecule has 0 radical (unpaired) electrons. The molecule has 1 aliphatic heterocycles. The van der Waals surface area contributed by atoms with E-state index in [2.05, 4.69) is 5.16 Å². The van der Waals surface area contributed by atoms with E-state index >= 15 is 0 Å². The van der Waals surface area contributed by atoms with Crippen LogP contribution in [0.25, 0.3) is 11.3 Å². The van der Waals surface area contributed by atoms with E-state index in [4.69, 9.17) is 9.26 Å². The van der Waals surface area contributed by atoms with Gasteiger partial charge in [-0.05, 0) is 12.8 Å². The SMILES string of the molecule is CCC(=O)N1CCCC(C(=O)OCc2cc(-c3ccccc3)on2)C1. The Balaban J connectivity index is 1.54. The first-order valence-electron chi connectivity index (χ1n) is 8.62. The molecule has 1 aromatic heterocycles. The van der Waals surface area contributed by atoms with Gasteiger partial charge in [0.05, 0.1) is 5.92 Å². The van der Waals surface area contributed by atoms with Gasteiger partial charge in [0.1, 0.15) is 12.3 Å². The molecule has 3 rings (SSSR count). The number of aromatic nitrogens is 1. The van der Waals surface area contributed by atoms with Crippen LogP contribution in [0, 0.1) is 5.92 Å². The van der Waals surface area contributed by atoms with Crippen LogP contribution in [-0.2, 0) is 20.9 Å². The van der Waals surface area contributed by atoms with Crippen molar-refractivity contribution in [3.8, 4) is 11.3 Å². The van der Waals surface area contributed by atoms with Gasteiger partial charge in [-0.2, -0.15) is 0 Å². The molecule has 6 nitrogen and oxygen atoms in total. The molecule has 132 valence electrons. The largest absolute Gasteiger partial charge is 0.459 e. The zero-order valence-corrected chi connectivity index (χ0v) is 14.3. The maximum atomic E-state index is 12.3. The monoisotopic (exact) mass is 342 g/mol. The van der Waals surface area contributed by atoms with Crippen molar-refractivity contribution in [3.63, 3.8) is 0 Å². The molecule has 1 atom stereocenters. The van der Waals surface area contributed by atoms with E-state index in [0.29, 0.717) is 24.4 Å². The molecular weight excluding hydrogens is 320 g/mol. The van der Waals surface area contributed by atoms with E-state index in [-0.39, 0.29) is 24.4 Å². The summed E-state index contributed by atoms with van der Waals surface area (Å²) in [5, 5.41) is 3.95. The second-order valence-electron chi connectivity index (χ2n) is 6.19. The summed E-state index contributed by atoms with van der Waals surface area (Å²) in [6.45, 7) is 3.08. The fraction of sp³-hybridized carbons (Fsp3) is 0.421. The highest BCUT2D eigenvalue weighted by Crippen LogP contribution is 2.22. The van der Waals surface area contributed by atoms with Crippen molar-refractivity contribution >= 4 is 11.9 Å². The van der Waals surface area contributed by atoms with Crippen LogP contribution in [0.2, 0.25) is 0 Å². The standard InChI is InChI=1S/C19H22N2O4/c1-2-18(22)21-10-6-9-15(12-21)19(23)24-13-16-11-17(25-20-16)14-7-4-3-5-8-14/h3-5,7-8,11,15H,2,6,9-10,12-13H2,1H3. The Bertz CT molecular complexity index is 726. The summed E-state index contributed by atoms with van der Waals surface area (Å²) in [6, 6.07) is 11.4. The van der Waals surface area contributed by atoms with Crippen molar-refractivity contribution in [2.24, 2.45) is 5.92 Å². The summed E-state index contributed by atoms with van der Waals surface area (Å²) >= 11 is 0. The number of likely N-dealkylation sites (tertiary alicyclic amines) is 1. The number of benzene rings is 1. The summed E-state index contributed by atoms with van der Waals surface area (Å²) in [5.74, 6) is 0.188. The van der Waals surface area contributed by atoms with Crippen LogP contribution in [-0.4, -0.2) is 35.0 Å². The van der Waals surface area contributed by atoms with E-state index in [9.17, 15) is 9.59 Å². The molecule has 1 amide bonds. The van der Waals surface area contributed by atoms with E-state index < -0.39 is 0 Å². The Morgan fingerprint density at radius 2 is 2.12 bits per heavy atom. The van der Waals surface area contributed by atoms with Crippen LogP contribution >= 0.6 is 0 Å². The number of carbonyl (C=O) groups is 2. The fourth-order valence-electron chi connectivity index (χ4n) is 3.00. The quantitative estimate of drug-likeness (QED) is 0.781. The average molecular weight is 342 g/mol. The normalized spacial score (nSPS) is 17.3. The van der Waals surface area contributed by atoms with Gasteiger partial charge in [0.15, 0.2) is 5.76 Å². The van der Waals surface area contributed by atoms with Gasteiger partial charge in [-0.15, -0.1) is 0 Å². The van der Waals surface area contributed by atoms with Crippen molar-refractivity contribution < 1.29 is 18.8 Å². The Morgan fingerprint density at radius 3 is 2.88 bits per heavy atom. The van der Waals surface area contributed by atoms with Crippen molar-refractivity contribution in [2.75, 3.05) is 13.1 Å². The molecule has 0 bridgehead atoms. The first-order chi connectivity index (χ1) is 12.2. The summed E-state index contributed by atoms with van der Waals surface area (Å²) in [7, 11) is 0.